The van der Waals surface area contributed by atoms with E-state index in [1.165, 1.54) is 19.2 Å². The van der Waals surface area contributed by atoms with Crippen LogP contribution in [0, 0.1) is 29.1 Å². The molecule has 2 saturated carbocycles. The van der Waals surface area contributed by atoms with Gasteiger partial charge in [-0.25, -0.2) is 15.0 Å². The number of aromatic nitrogens is 6. The summed E-state index contributed by atoms with van der Waals surface area (Å²) in [7, 11) is 3.29. The smallest absolute Gasteiger partial charge is 0.254 e. The summed E-state index contributed by atoms with van der Waals surface area (Å²) < 4.78 is 16.1. The van der Waals surface area contributed by atoms with Crippen molar-refractivity contribution < 1.29 is 14.3 Å². The van der Waals surface area contributed by atoms with Gasteiger partial charge in [0.05, 0.1) is 31.6 Å². The second-order valence-electron chi connectivity index (χ2n) is 14.0. The van der Waals surface area contributed by atoms with E-state index < -0.39 is 0 Å². The summed E-state index contributed by atoms with van der Waals surface area (Å²) in [5.41, 5.74) is 10.9. The van der Waals surface area contributed by atoms with Gasteiger partial charge in [-0.1, -0.05) is 0 Å². The van der Waals surface area contributed by atoms with E-state index >= 15 is 0 Å². The van der Waals surface area contributed by atoms with Crippen molar-refractivity contribution in [3.8, 4) is 29.2 Å². The Hall–Kier alpha value is -5.22. The van der Waals surface area contributed by atoms with E-state index in [1.807, 2.05) is 29.2 Å². The van der Waals surface area contributed by atoms with Crippen molar-refractivity contribution in [2.45, 2.75) is 50.9 Å². The van der Waals surface area contributed by atoms with Crippen LogP contribution in [-0.4, -0.2) is 85.8 Å². The number of rotatable bonds is 9. The first-order chi connectivity index (χ1) is 23.9. The Labute approximate surface area is 283 Å². The van der Waals surface area contributed by atoms with E-state index in [9.17, 15) is 10.1 Å². The molecule has 4 aliphatic rings. The van der Waals surface area contributed by atoms with Gasteiger partial charge in [-0.3, -0.25) is 4.79 Å². The third-order valence-corrected chi connectivity index (χ3v) is 11.0. The van der Waals surface area contributed by atoms with E-state index in [0.29, 0.717) is 59.0 Å². The summed E-state index contributed by atoms with van der Waals surface area (Å²) in [6, 6.07) is 12.2. The Morgan fingerprint density at radius 1 is 1.00 bits per heavy atom. The number of fused-ring (bicyclic) bond motifs is 4. The molecule has 4 aromatic heterocycles. The number of benzene rings is 1. The highest BCUT2D eigenvalue weighted by Gasteiger charge is 2.47. The Morgan fingerprint density at radius 2 is 1.84 bits per heavy atom. The molecule has 49 heavy (non-hydrogen) atoms. The largest absolute Gasteiger partial charge is 0.494 e. The van der Waals surface area contributed by atoms with Gasteiger partial charge in [-0.15, -0.1) is 0 Å². The van der Waals surface area contributed by atoms with E-state index in [4.69, 9.17) is 25.2 Å². The van der Waals surface area contributed by atoms with Gasteiger partial charge < -0.3 is 34.1 Å². The number of methoxy groups -OCH3 is 2. The zero-order valence-corrected chi connectivity index (χ0v) is 27.6. The minimum Gasteiger partial charge on any atom is -0.494 e. The first-order valence-corrected chi connectivity index (χ1v) is 17.1. The number of pyridine rings is 1. The van der Waals surface area contributed by atoms with Crippen LogP contribution in [-0.2, 0) is 13.1 Å². The Bertz CT molecular complexity index is 2160. The molecule has 6 heterocycles. The van der Waals surface area contributed by atoms with Gasteiger partial charge in [-0.2, -0.15) is 10.2 Å². The summed E-state index contributed by atoms with van der Waals surface area (Å²) in [5.74, 6) is 3.82. The molecule has 13 nitrogen and oxygen atoms in total. The molecule has 2 N–H and O–H groups in total. The monoisotopic (exact) mass is 658 g/mol. The minimum atomic E-state index is -0.0223. The maximum Gasteiger partial charge on any atom is 0.254 e. The molecule has 5 aromatic rings. The molecular formula is C36H38N10O3. The average molecular weight is 659 g/mol. The lowest BCUT2D eigenvalue weighted by molar-refractivity contribution is 0.0700. The average Bonchev–Trinajstić information content (AvgIpc) is 3.48. The Balaban J connectivity index is 1.15. The number of amides is 1. The normalized spacial score (nSPS) is 21.8. The zero-order valence-electron chi connectivity index (χ0n) is 27.6. The highest BCUT2D eigenvalue weighted by Crippen LogP contribution is 2.41. The van der Waals surface area contributed by atoms with Crippen LogP contribution in [0.1, 0.15) is 41.6 Å². The van der Waals surface area contributed by atoms with Crippen LogP contribution in [0.2, 0.25) is 0 Å². The minimum absolute atomic E-state index is 0.0223. The number of likely N-dealkylation sites (tertiary alicyclic amines) is 1. The number of nitrogens with two attached hydrogens (primary N) is 1. The molecule has 4 fully saturated rings. The van der Waals surface area contributed by atoms with Gasteiger partial charge in [0.2, 0.25) is 5.88 Å². The SMILES string of the molecule is COc1ccc2cc(-c3nc4cc(C(=O)N5CC6CCC5[C@@H]6N)cc(OC)c4n3CC3CN(c4ncncc4C#N)C3)n(CC3CC3)c2n1. The topological polar surface area (TPSA) is 153 Å². The summed E-state index contributed by atoms with van der Waals surface area (Å²) in [6.07, 6.45) is 7.44. The van der Waals surface area contributed by atoms with Crippen molar-refractivity contribution >= 4 is 33.8 Å². The molecule has 2 unspecified atom stereocenters. The predicted octanol–water partition coefficient (Wildman–Crippen LogP) is 3.84. The standard InChI is InChI=1S/C36H38N10O3/c1-48-29-11-24(36(47)45-18-23-5-7-27(45)31(23)38)9-26-32(29)46(17-21-14-43(15-21)33-25(12-37)13-39-19-40-33)35(41-26)28-10-22-6-8-30(49-2)42-34(22)44(28)16-20-3-4-20/h6,8-11,13,19-21,23,27,31H,3-5,7,14-18,38H2,1-2H3/t23?,27?,31-/m1/s1. The number of carbonyl (C=O) groups is 1. The van der Waals surface area contributed by atoms with Gasteiger partial charge in [0.25, 0.3) is 5.91 Å². The quantitative estimate of drug-likeness (QED) is 0.247. The first-order valence-electron chi connectivity index (χ1n) is 17.1. The number of hydrogen-bond acceptors (Lipinski definition) is 10. The lowest BCUT2D eigenvalue weighted by atomic mass is 9.99. The second kappa shape index (κ2) is 11.4. The molecule has 2 aliphatic heterocycles. The summed E-state index contributed by atoms with van der Waals surface area (Å²) in [6.45, 7) is 3.64. The van der Waals surface area contributed by atoms with Crippen LogP contribution < -0.4 is 20.1 Å². The lowest BCUT2D eigenvalue weighted by Crippen LogP contribution is -2.49. The van der Waals surface area contributed by atoms with Gasteiger partial charge in [0, 0.05) is 67.7 Å². The van der Waals surface area contributed by atoms with Gasteiger partial charge in [0.1, 0.15) is 40.7 Å². The van der Waals surface area contributed by atoms with Crippen molar-refractivity contribution in [1.29, 1.82) is 5.26 Å². The first kappa shape index (κ1) is 29.9. The fourth-order valence-electron chi connectivity index (χ4n) is 8.25. The molecule has 2 aliphatic carbocycles. The number of carbonyl (C=O) groups excluding carboxylic acids is 1. The van der Waals surface area contributed by atoms with Crippen LogP contribution in [0.5, 0.6) is 11.6 Å². The lowest BCUT2D eigenvalue weighted by Gasteiger charge is -2.40. The second-order valence-corrected chi connectivity index (χ2v) is 14.0. The van der Waals surface area contributed by atoms with E-state index in [0.717, 1.165) is 60.5 Å². The number of nitrogens with zero attached hydrogens (tertiary/aromatic N) is 9. The van der Waals surface area contributed by atoms with Crippen LogP contribution in [0.25, 0.3) is 33.6 Å². The third-order valence-electron chi connectivity index (χ3n) is 11.0. The molecule has 2 saturated heterocycles. The van der Waals surface area contributed by atoms with Crippen molar-refractivity contribution in [3.63, 3.8) is 0 Å². The van der Waals surface area contributed by atoms with Gasteiger partial charge in [0.15, 0.2) is 5.82 Å². The van der Waals surface area contributed by atoms with Crippen molar-refractivity contribution in [2.24, 2.45) is 23.5 Å². The predicted molar refractivity (Wildman–Crippen MR) is 182 cm³/mol. The molecule has 3 atom stereocenters. The molecule has 13 heteroatoms. The number of nitriles is 1. The van der Waals surface area contributed by atoms with E-state index in [1.54, 1.807) is 20.4 Å². The molecule has 9 rings (SSSR count). The zero-order chi connectivity index (χ0) is 33.4. The summed E-state index contributed by atoms with van der Waals surface area (Å²) in [5, 5.41) is 10.6. The molecule has 1 aromatic carbocycles. The van der Waals surface area contributed by atoms with E-state index in [-0.39, 0.29) is 23.9 Å². The molecule has 1 amide bonds. The number of imidazole rings is 1. The van der Waals surface area contributed by atoms with Crippen molar-refractivity contribution in [3.05, 3.63) is 54.0 Å². The van der Waals surface area contributed by atoms with Gasteiger partial charge >= 0.3 is 0 Å². The third kappa shape index (κ3) is 4.88. The fourth-order valence-corrected chi connectivity index (χ4v) is 8.25. The van der Waals surface area contributed by atoms with Crippen molar-refractivity contribution in [1.82, 2.24) is 34.0 Å². The fraction of sp³-hybridized carbons (Fsp3) is 0.444. The van der Waals surface area contributed by atoms with Crippen LogP contribution in [0.3, 0.4) is 0 Å². The molecular weight excluding hydrogens is 620 g/mol. The molecule has 2 bridgehead atoms. The van der Waals surface area contributed by atoms with Crippen LogP contribution >= 0.6 is 0 Å². The summed E-state index contributed by atoms with van der Waals surface area (Å²) in [4.78, 5) is 36.6. The number of hydrogen-bond donors (Lipinski definition) is 1. The van der Waals surface area contributed by atoms with Crippen LogP contribution in [0.15, 0.2) is 42.9 Å². The molecule has 0 radical (unpaired) electrons. The molecule has 0 spiro atoms. The Morgan fingerprint density at radius 3 is 2.55 bits per heavy atom. The Kier molecular flexibility index (Phi) is 6.98. The highest BCUT2D eigenvalue weighted by molar-refractivity contribution is 6.00. The summed E-state index contributed by atoms with van der Waals surface area (Å²) >= 11 is 0. The molecule has 250 valence electrons. The van der Waals surface area contributed by atoms with Crippen LogP contribution in [0.4, 0.5) is 5.82 Å². The number of anilines is 1. The maximum atomic E-state index is 14.0. The maximum absolute atomic E-state index is 14.0. The number of ether oxygens (including phenoxy) is 2. The van der Waals surface area contributed by atoms with Gasteiger partial charge in [-0.05, 0) is 61.8 Å². The highest BCUT2D eigenvalue weighted by atomic mass is 16.5. The van der Waals surface area contributed by atoms with Crippen molar-refractivity contribution in [2.75, 3.05) is 38.8 Å². The van der Waals surface area contributed by atoms with E-state index in [2.05, 4.69) is 36.1 Å². The number of piperidine rings is 1.